The van der Waals surface area contributed by atoms with E-state index in [9.17, 15) is 4.79 Å². The zero-order valence-corrected chi connectivity index (χ0v) is 15.5. The third-order valence-corrected chi connectivity index (χ3v) is 4.93. The van der Waals surface area contributed by atoms with Gasteiger partial charge in [-0.25, -0.2) is 0 Å². The van der Waals surface area contributed by atoms with Gasteiger partial charge in [-0.05, 0) is 25.0 Å². The molecule has 1 aliphatic rings. The molecule has 0 fully saturated rings. The molecule has 0 saturated heterocycles. The van der Waals surface area contributed by atoms with Crippen molar-refractivity contribution >= 4 is 35.3 Å². The van der Waals surface area contributed by atoms with Gasteiger partial charge in [-0.15, -0.1) is 11.8 Å². The highest BCUT2D eigenvalue weighted by Crippen LogP contribution is 2.32. The first kappa shape index (κ1) is 17.5. The van der Waals surface area contributed by atoms with Crippen molar-refractivity contribution in [2.45, 2.75) is 25.1 Å². The highest BCUT2D eigenvalue weighted by molar-refractivity contribution is 7.99. The molecule has 0 aliphatic carbocycles. The van der Waals surface area contributed by atoms with Gasteiger partial charge >= 0.3 is 0 Å². The van der Waals surface area contributed by atoms with Crippen LogP contribution in [0.2, 0.25) is 0 Å². The van der Waals surface area contributed by atoms with Gasteiger partial charge < -0.3 is 15.5 Å². The fourth-order valence-electron chi connectivity index (χ4n) is 2.93. The van der Waals surface area contributed by atoms with Crippen molar-refractivity contribution < 1.29 is 4.79 Å². The molecule has 7 nitrogen and oxygen atoms in total. The van der Waals surface area contributed by atoms with E-state index in [1.165, 1.54) is 17.3 Å². The van der Waals surface area contributed by atoms with Gasteiger partial charge in [0.05, 0.1) is 11.5 Å². The summed E-state index contributed by atoms with van der Waals surface area (Å²) in [5.41, 5.74) is 7.98. The van der Waals surface area contributed by atoms with E-state index in [0.29, 0.717) is 23.3 Å². The van der Waals surface area contributed by atoms with Crippen molar-refractivity contribution in [2.24, 2.45) is 0 Å². The van der Waals surface area contributed by atoms with Crippen molar-refractivity contribution in [2.75, 3.05) is 35.4 Å². The molecule has 132 valence electrons. The molecular formula is C17H22N6OS. The molecule has 0 saturated carbocycles. The van der Waals surface area contributed by atoms with E-state index < -0.39 is 0 Å². The second-order valence-electron chi connectivity index (χ2n) is 6.24. The number of thioether (sulfide) groups is 1. The number of aromatic nitrogens is 3. The molecular weight excluding hydrogens is 336 g/mol. The normalized spacial score (nSPS) is 16.0. The predicted octanol–water partition coefficient (Wildman–Crippen LogP) is 1.73. The molecule has 1 aromatic carbocycles. The SMILES string of the molecule is C[C@H]1Cc2ccccc2N1C(=O)CSCc1nc(N)nc(N(C)C)n1. The maximum atomic E-state index is 12.7. The zero-order valence-electron chi connectivity index (χ0n) is 14.6. The van der Waals surface area contributed by atoms with Gasteiger partial charge in [0.15, 0.2) is 0 Å². The Kier molecular flexibility index (Phi) is 5.08. The molecule has 2 heterocycles. The number of nitrogens with zero attached hydrogens (tertiary/aromatic N) is 5. The Labute approximate surface area is 151 Å². The number of rotatable bonds is 5. The molecule has 1 amide bonds. The van der Waals surface area contributed by atoms with Crippen LogP contribution in [-0.4, -0.2) is 46.7 Å². The molecule has 8 heteroatoms. The van der Waals surface area contributed by atoms with Crippen LogP contribution < -0.4 is 15.5 Å². The van der Waals surface area contributed by atoms with Crippen LogP contribution in [0.3, 0.4) is 0 Å². The summed E-state index contributed by atoms with van der Waals surface area (Å²) in [5, 5.41) is 0. The Hall–Kier alpha value is -2.35. The average Bonchev–Trinajstić information content (AvgIpc) is 2.90. The summed E-state index contributed by atoms with van der Waals surface area (Å²) in [5.74, 6) is 2.31. The monoisotopic (exact) mass is 358 g/mol. The Morgan fingerprint density at radius 2 is 2.08 bits per heavy atom. The largest absolute Gasteiger partial charge is 0.368 e. The van der Waals surface area contributed by atoms with Gasteiger partial charge in [-0.2, -0.15) is 15.0 Å². The first-order valence-electron chi connectivity index (χ1n) is 8.11. The summed E-state index contributed by atoms with van der Waals surface area (Å²) in [6.07, 6.45) is 0.906. The van der Waals surface area contributed by atoms with E-state index in [1.807, 2.05) is 37.2 Å². The van der Waals surface area contributed by atoms with Crippen LogP contribution in [0.15, 0.2) is 24.3 Å². The van der Waals surface area contributed by atoms with E-state index in [2.05, 4.69) is 27.9 Å². The molecule has 0 unspecified atom stereocenters. The Bertz CT molecular complexity index is 781. The fraction of sp³-hybridized carbons (Fsp3) is 0.412. The summed E-state index contributed by atoms with van der Waals surface area (Å²) >= 11 is 1.49. The van der Waals surface area contributed by atoms with E-state index >= 15 is 0 Å². The lowest BCUT2D eigenvalue weighted by Gasteiger charge is -2.22. The molecule has 1 aliphatic heterocycles. The lowest BCUT2D eigenvalue weighted by atomic mass is 10.1. The molecule has 1 aromatic heterocycles. The third-order valence-electron chi connectivity index (χ3n) is 4.02. The molecule has 2 N–H and O–H groups in total. The van der Waals surface area contributed by atoms with Gasteiger partial charge in [-0.1, -0.05) is 18.2 Å². The summed E-state index contributed by atoms with van der Waals surface area (Å²) < 4.78 is 0. The van der Waals surface area contributed by atoms with Crippen LogP contribution in [0.25, 0.3) is 0 Å². The molecule has 25 heavy (non-hydrogen) atoms. The fourth-order valence-corrected chi connectivity index (χ4v) is 3.66. The van der Waals surface area contributed by atoms with E-state index in [0.717, 1.165) is 12.1 Å². The number of para-hydroxylation sites is 1. The van der Waals surface area contributed by atoms with Crippen LogP contribution in [0, 0.1) is 0 Å². The van der Waals surface area contributed by atoms with Gasteiger partial charge in [-0.3, -0.25) is 4.79 Å². The number of benzene rings is 1. The topological polar surface area (TPSA) is 88.2 Å². The Morgan fingerprint density at radius 3 is 2.84 bits per heavy atom. The Morgan fingerprint density at radius 1 is 1.32 bits per heavy atom. The molecule has 0 radical (unpaired) electrons. The standard InChI is InChI=1S/C17H22N6OS/c1-11-8-12-6-4-5-7-13(12)23(11)15(24)10-25-9-14-19-16(18)21-17(20-14)22(2)3/h4-7,11H,8-10H2,1-3H3,(H2,18,19,20,21)/t11-/m0/s1. The number of nitrogen functional groups attached to an aromatic ring is 1. The number of carbonyl (C=O) groups excluding carboxylic acids is 1. The van der Waals surface area contributed by atoms with Gasteiger partial charge in [0.1, 0.15) is 5.82 Å². The molecule has 0 spiro atoms. The quantitative estimate of drug-likeness (QED) is 0.871. The lowest BCUT2D eigenvalue weighted by molar-refractivity contribution is -0.116. The second-order valence-corrected chi connectivity index (χ2v) is 7.23. The van der Waals surface area contributed by atoms with E-state index in [1.54, 1.807) is 4.90 Å². The highest BCUT2D eigenvalue weighted by Gasteiger charge is 2.30. The van der Waals surface area contributed by atoms with Gasteiger partial charge in [0.25, 0.3) is 0 Å². The van der Waals surface area contributed by atoms with Crippen LogP contribution in [-0.2, 0) is 17.0 Å². The van der Waals surface area contributed by atoms with E-state index in [-0.39, 0.29) is 17.9 Å². The van der Waals surface area contributed by atoms with Gasteiger partial charge in [0.2, 0.25) is 17.8 Å². The van der Waals surface area contributed by atoms with Crippen molar-refractivity contribution in [1.29, 1.82) is 0 Å². The third kappa shape index (κ3) is 3.84. The van der Waals surface area contributed by atoms with Crippen molar-refractivity contribution in [3.8, 4) is 0 Å². The highest BCUT2D eigenvalue weighted by atomic mass is 32.2. The number of anilines is 3. The van der Waals surface area contributed by atoms with Crippen molar-refractivity contribution in [1.82, 2.24) is 15.0 Å². The maximum Gasteiger partial charge on any atom is 0.237 e. The minimum atomic E-state index is 0.109. The number of hydrogen-bond donors (Lipinski definition) is 1. The summed E-state index contributed by atoms with van der Waals surface area (Å²) in [7, 11) is 3.70. The van der Waals surface area contributed by atoms with Crippen molar-refractivity contribution in [3.05, 3.63) is 35.7 Å². The zero-order chi connectivity index (χ0) is 18.0. The number of fused-ring (bicyclic) bond motifs is 1. The summed E-state index contributed by atoms with van der Waals surface area (Å²) in [6.45, 7) is 2.08. The Balaban J connectivity index is 1.62. The van der Waals surface area contributed by atoms with Crippen LogP contribution >= 0.6 is 11.8 Å². The smallest absolute Gasteiger partial charge is 0.237 e. The van der Waals surface area contributed by atoms with Crippen LogP contribution in [0.5, 0.6) is 0 Å². The van der Waals surface area contributed by atoms with E-state index in [4.69, 9.17) is 5.73 Å². The molecule has 1 atom stereocenters. The van der Waals surface area contributed by atoms with Crippen molar-refractivity contribution in [3.63, 3.8) is 0 Å². The number of amides is 1. The molecule has 2 aromatic rings. The number of hydrogen-bond acceptors (Lipinski definition) is 7. The summed E-state index contributed by atoms with van der Waals surface area (Å²) in [4.78, 5) is 28.9. The summed E-state index contributed by atoms with van der Waals surface area (Å²) in [6, 6.07) is 8.28. The van der Waals surface area contributed by atoms with Gasteiger partial charge in [0, 0.05) is 25.8 Å². The number of nitrogens with two attached hydrogens (primary N) is 1. The minimum Gasteiger partial charge on any atom is -0.368 e. The first-order chi connectivity index (χ1) is 12.0. The second kappa shape index (κ2) is 7.26. The number of carbonyl (C=O) groups is 1. The first-order valence-corrected chi connectivity index (χ1v) is 9.26. The van der Waals surface area contributed by atoms with Crippen LogP contribution in [0.1, 0.15) is 18.3 Å². The molecule has 0 bridgehead atoms. The minimum absolute atomic E-state index is 0.109. The van der Waals surface area contributed by atoms with Crippen LogP contribution in [0.4, 0.5) is 17.6 Å². The lowest BCUT2D eigenvalue weighted by Crippen LogP contribution is -2.37. The maximum absolute atomic E-state index is 12.7. The molecule has 3 rings (SSSR count). The predicted molar refractivity (Wildman–Crippen MR) is 102 cm³/mol. The average molecular weight is 358 g/mol.